The Balaban J connectivity index is 2.02. The van der Waals surface area contributed by atoms with E-state index in [0.717, 1.165) is 17.5 Å². The van der Waals surface area contributed by atoms with Gasteiger partial charge in [-0.25, -0.2) is 23.2 Å². The Morgan fingerprint density at radius 1 is 1.09 bits per heavy atom. The number of imide groups is 1. The second-order valence-corrected chi connectivity index (χ2v) is 10.2. The maximum Gasteiger partial charge on any atom is 0.330 e. The summed E-state index contributed by atoms with van der Waals surface area (Å²) in [6.45, 7) is 2.76. The Labute approximate surface area is 190 Å². The standard InChI is InChI=1S/C21H24N4O7S/c1-20(2)17(26)25(19(28)23(20)3)21(29,18(27)24(4)30)13-33(31,32)16-7-5-14(6-8-16)15-9-11-22-12-10-15/h5-12,29-30H,13H2,1-4H3. The molecule has 1 saturated heterocycles. The summed E-state index contributed by atoms with van der Waals surface area (Å²) in [5.74, 6) is -3.89. The Morgan fingerprint density at radius 2 is 1.61 bits per heavy atom. The van der Waals surface area contributed by atoms with Crippen molar-refractivity contribution >= 4 is 27.7 Å². The smallest absolute Gasteiger partial charge is 0.330 e. The number of benzene rings is 1. The van der Waals surface area contributed by atoms with Crippen LogP contribution in [0.15, 0.2) is 53.7 Å². The largest absolute Gasteiger partial charge is 0.362 e. The van der Waals surface area contributed by atoms with Gasteiger partial charge in [0.25, 0.3) is 5.91 Å². The molecule has 1 aliphatic rings. The van der Waals surface area contributed by atoms with Crippen LogP contribution in [0.1, 0.15) is 13.8 Å². The van der Waals surface area contributed by atoms with E-state index >= 15 is 0 Å². The van der Waals surface area contributed by atoms with Crippen LogP contribution in [-0.2, 0) is 19.4 Å². The summed E-state index contributed by atoms with van der Waals surface area (Å²) in [4.78, 5) is 43.2. The molecular weight excluding hydrogens is 452 g/mol. The third kappa shape index (κ3) is 4.08. The molecular formula is C21H24N4O7S. The van der Waals surface area contributed by atoms with E-state index in [9.17, 15) is 33.1 Å². The highest BCUT2D eigenvalue weighted by atomic mass is 32.2. The fourth-order valence-corrected chi connectivity index (χ4v) is 4.95. The lowest BCUT2D eigenvalue weighted by atomic mass is 10.0. The lowest BCUT2D eigenvalue weighted by Crippen LogP contribution is -2.64. The van der Waals surface area contributed by atoms with Crippen molar-refractivity contribution in [3.8, 4) is 11.1 Å². The summed E-state index contributed by atoms with van der Waals surface area (Å²) in [6.07, 6.45) is 3.17. The van der Waals surface area contributed by atoms with E-state index in [4.69, 9.17) is 0 Å². The van der Waals surface area contributed by atoms with Gasteiger partial charge in [0.05, 0.1) is 4.90 Å². The van der Waals surface area contributed by atoms with Crippen molar-refractivity contribution in [2.75, 3.05) is 19.8 Å². The van der Waals surface area contributed by atoms with Crippen molar-refractivity contribution in [2.24, 2.45) is 0 Å². The van der Waals surface area contributed by atoms with Crippen LogP contribution in [0.5, 0.6) is 0 Å². The van der Waals surface area contributed by atoms with Crippen LogP contribution in [0.4, 0.5) is 4.79 Å². The number of aromatic nitrogens is 1. The molecule has 11 nitrogen and oxygen atoms in total. The number of aliphatic hydroxyl groups is 1. The summed E-state index contributed by atoms with van der Waals surface area (Å²) in [5, 5.41) is 20.8. The van der Waals surface area contributed by atoms with Crippen LogP contribution < -0.4 is 0 Å². The maximum absolute atomic E-state index is 13.2. The molecule has 0 spiro atoms. The van der Waals surface area contributed by atoms with Crippen molar-refractivity contribution in [3.05, 3.63) is 48.8 Å². The first-order valence-corrected chi connectivity index (χ1v) is 11.4. The molecule has 33 heavy (non-hydrogen) atoms. The lowest BCUT2D eigenvalue weighted by molar-refractivity contribution is -0.193. The van der Waals surface area contributed by atoms with Crippen LogP contribution in [0.25, 0.3) is 11.1 Å². The van der Waals surface area contributed by atoms with Gasteiger partial charge in [-0.3, -0.25) is 19.8 Å². The summed E-state index contributed by atoms with van der Waals surface area (Å²) in [5.41, 5.74) is -3.13. The van der Waals surface area contributed by atoms with Gasteiger partial charge in [-0.05, 0) is 49.2 Å². The van der Waals surface area contributed by atoms with Gasteiger partial charge in [-0.2, -0.15) is 0 Å². The number of sulfone groups is 1. The van der Waals surface area contributed by atoms with E-state index in [2.05, 4.69) is 4.98 Å². The van der Waals surface area contributed by atoms with E-state index in [1.807, 2.05) is 0 Å². The monoisotopic (exact) mass is 476 g/mol. The summed E-state index contributed by atoms with van der Waals surface area (Å²) < 4.78 is 26.3. The number of nitrogens with zero attached hydrogens (tertiary/aromatic N) is 4. The second kappa shape index (κ2) is 8.21. The first-order valence-electron chi connectivity index (χ1n) is 9.78. The number of rotatable bonds is 6. The van der Waals surface area contributed by atoms with Crippen LogP contribution in [0, 0.1) is 0 Å². The predicted octanol–water partition coefficient (Wildman–Crippen LogP) is 0.731. The highest BCUT2D eigenvalue weighted by molar-refractivity contribution is 7.91. The molecule has 0 bridgehead atoms. The summed E-state index contributed by atoms with van der Waals surface area (Å²) >= 11 is 0. The van der Waals surface area contributed by atoms with Gasteiger partial charge < -0.3 is 10.0 Å². The van der Waals surface area contributed by atoms with E-state index in [-0.39, 0.29) is 14.9 Å². The molecule has 1 aromatic carbocycles. The molecule has 1 aromatic heterocycles. The highest BCUT2D eigenvalue weighted by Gasteiger charge is 2.61. The van der Waals surface area contributed by atoms with Crippen molar-refractivity contribution in [3.63, 3.8) is 0 Å². The molecule has 1 fully saturated rings. The molecule has 0 saturated carbocycles. The van der Waals surface area contributed by atoms with Crippen molar-refractivity contribution < 1.29 is 33.1 Å². The van der Waals surface area contributed by atoms with Crippen LogP contribution in [0.3, 0.4) is 0 Å². The minimum atomic E-state index is -4.42. The molecule has 1 unspecified atom stereocenters. The van der Waals surface area contributed by atoms with Gasteiger partial charge in [0.15, 0.2) is 9.84 Å². The predicted molar refractivity (Wildman–Crippen MR) is 115 cm³/mol. The van der Waals surface area contributed by atoms with Crippen molar-refractivity contribution in [2.45, 2.75) is 30.0 Å². The fourth-order valence-electron chi connectivity index (χ4n) is 3.45. The van der Waals surface area contributed by atoms with Crippen molar-refractivity contribution in [1.82, 2.24) is 19.8 Å². The van der Waals surface area contributed by atoms with Gasteiger partial charge in [-0.1, -0.05) is 12.1 Å². The van der Waals surface area contributed by atoms with Crippen LogP contribution in [-0.4, -0.2) is 87.5 Å². The van der Waals surface area contributed by atoms with Crippen molar-refractivity contribution in [1.29, 1.82) is 0 Å². The summed E-state index contributed by atoms with van der Waals surface area (Å²) in [6, 6.07) is 8.02. The molecule has 3 rings (SSSR count). The SMILES string of the molecule is CN(O)C(=O)C(O)(CS(=O)(=O)c1ccc(-c2ccncc2)cc1)N1C(=O)N(C)C(C)(C)C1=O. The first-order chi connectivity index (χ1) is 15.2. The Bertz CT molecular complexity index is 1200. The molecule has 12 heteroatoms. The number of carbonyl (C=O) groups excluding carboxylic acids is 3. The third-order valence-electron chi connectivity index (χ3n) is 5.67. The zero-order valence-electron chi connectivity index (χ0n) is 18.5. The van der Waals surface area contributed by atoms with Gasteiger partial charge in [0, 0.05) is 26.5 Å². The second-order valence-electron chi connectivity index (χ2n) is 8.21. The van der Waals surface area contributed by atoms with Gasteiger partial charge in [0.1, 0.15) is 11.3 Å². The highest BCUT2D eigenvalue weighted by Crippen LogP contribution is 2.33. The van der Waals surface area contributed by atoms with Crippen LogP contribution >= 0.6 is 0 Å². The van der Waals surface area contributed by atoms with E-state index in [1.165, 1.54) is 45.2 Å². The van der Waals surface area contributed by atoms with E-state index in [0.29, 0.717) is 5.56 Å². The lowest BCUT2D eigenvalue weighted by Gasteiger charge is -2.34. The molecule has 0 aliphatic carbocycles. The Kier molecular flexibility index (Phi) is 6.04. The zero-order chi connectivity index (χ0) is 24.8. The topological polar surface area (TPSA) is 148 Å². The normalized spacial score (nSPS) is 17.8. The first kappa shape index (κ1) is 24.3. The quantitative estimate of drug-likeness (QED) is 0.352. The number of amides is 4. The van der Waals surface area contributed by atoms with E-state index in [1.54, 1.807) is 24.5 Å². The fraction of sp³-hybridized carbons (Fsp3) is 0.333. The number of hydrogen-bond acceptors (Lipinski definition) is 8. The van der Waals surface area contributed by atoms with Crippen LogP contribution in [0.2, 0.25) is 0 Å². The van der Waals surface area contributed by atoms with E-state index < -0.39 is 44.7 Å². The molecule has 176 valence electrons. The molecule has 2 N–H and O–H groups in total. The Morgan fingerprint density at radius 3 is 2.06 bits per heavy atom. The number of carbonyl (C=O) groups is 3. The van der Waals surface area contributed by atoms with Gasteiger partial charge >= 0.3 is 11.9 Å². The minimum Gasteiger partial charge on any atom is -0.362 e. The molecule has 2 aromatic rings. The molecule has 1 aliphatic heterocycles. The molecule has 0 radical (unpaired) electrons. The molecule has 4 amide bonds. The van der Waals surface area contributed by atoms with Gasteiger partial charge in [-0.15, -0.1) is 0 Å². The Hall–Kier alpha value is -3.35. The average molecular weight is 477 g/mol. The number of hydroxylamine groups is 2. The third-order valence-corrected chi connectivity index (χ3v) is 7.44. The minimum absolute atomic E-state index is 0.0616. The number of urea groups is 1. The average Bonchev–Trinajstić information content (AvgIpc) is 2.93. The summed E-state index contributed by atoms with van der Waals surface area (Å²) in [7, 11) is -2.29. The molecule has 2 heterocycles. The maximum atomic E-state index is 13.2. The number of likely N-dealkylation sites (N-methyl/N-ethyl adjacent to an activating group) is 2. The zero-order valence-corrected chi connectivity index (χ0v) is 19.3. The number of pyridine rings is 1. The number of hydrogen-bond donors (Lipinski definition) is 2. The molecule has 1 atom stereocenters. The van der Waals surface area contributed by atoms with Gasteiger partial charge in [0.2, 0.25) is 5.72 Å².